The Bertz CT molecular complexity index is 733. The van der Waals surface area contributed by atoms with E-state index in [0.29, 0.717) is 12.2 Å². The number of primary amides is 1. The maximum absolute atomic E-state index is 12.8. The van der Waals surface area contributed by atoms with Crippen molar-refractivity contribution in [2.24, 2.45) is 17.4 Å². The molecule has 0 radical (unpaired) electrons. The van der Waals surface area contributed by atoms with Crippen LogP contribution in [0.3, 0.4) is 0 Å². The van der Waals surface area contributed by atoms with Gasteiger partial charge in [-0.25, -0.2) is 4.79 Å². The van der Waals surface area contributed by atoms with Crippen LogP contribution in [0.15, 0.2) is 0 Å². The van der Waals surface area contributed by atoms with Crippen LogP contribution >= 0.6 is 11.8 Å². The fraction of sp³-hybridized carbons (Fsp3) is 0.684. The van der Waals surface area contributed by atoms with Crippen LogP contribution < -0.4 is 27.4 Å². The van der Waals surface area contributed by atoms with Crippen LogP contribution in [0, 0.1) is 5.92 Å². The van der Waals surface area contributed by atoms with E-state index in [9.17, 15) is 28.8 Å². The van der Waals surface area contributed by atoms with Gasteiger partial charge in [0.15, 0.2) is 0 Å². The van der Waals surface area contributed by atoms with Gasteiger partial charge < -0.3 is 37.6 Å². The largest absolute Gasteiger partial charge is 0.481 e. The Kier molecular flexibility index (Phi) is 13.7. The fourth-order valence-electron chi connectivity index (χ4n) is 2.64. The highest BCUT2D eigenvalue weighted by molar-refractivity contribution is 7.98. The van der Waals surface area contributed by atoms with Gasteiger partial charge in [0.1, 0.15) is 18.1 Å². The zero-order valence-electron chi connectivity index (χ0n) is 18.8. The molecule has 0 aliphatic heterocycles. The van der Waals surface area contributed by atoms with Crippen molar-refractivity contribution >= 4 is 47.3 Å². The van der Waals surface area contributed by atoms with Crippen molar-refractivity contribution in [3.63, 3.8) is 0 Å². The lowest BCUT2D eigenvalue weighted by Crippen LogP contribution is -2.58. The van der Waals surface area contributed by atoms with E-state index < -0.39 is 78.5 Å². The lowest BCUT2D eigenvalue weighted by molar-refractivity contribution is -0.144. The summed E-state index contributed by atoms with van der Waals surface area (Å²) in [5.74, 6) is -5.90. The Hall–Kier alpha value is -2.87. The smallest absolute Gasteiger partial charge is 0.326 e. The van der Waals surface area contributed by atoms with Gasteiger partial charge in [0.25, 0.3) is 0 Å². The van der Waals surface area contributed by atoms with Gasteiger partial charge >= 0.3 is 11.9 Å². The third kappa shape index (κ3) is 12.1. The molecule has 0 fully saturated rings. The number of hydrogen-bond donors (Lipinski definition) is 7. The van der Waals surface area contributed by atoms with E-state index in [0.717, 1.165) is 0 Å². The van der Waals surface area contributed by atoms with Gasteiger partial charge in [0.2, 0.25) is 23.6 Å². The standard InChI is InChI=1S/C19H33N5O8S/c1-9(2)15(18(30)23-12(19(31)32)8-13(21)25)24-17(29)11(4-5-14(26)27)22-16(28)10(20)6-7-33-3/h9-12,15H,4-8,20H2,1-3H3,(H2,21,25)(H,22,28)(H,23,30)(H,24,29)(H,26,27)(H,31,32). The summed E-state index contributed by atoms with van der Waals surface area (Å²) >= 11 is 1.48. The first-order chi connectivity index (χ1) is 15.3. The molecule has 4 amide bonds. The van der Waals surface area contributed by atoms with E-state index in [1.54, 1.807) is 13.8 Å². The summed E-state index contributed by atoms with van der Waals surface area (Å²) < 4.78 is 0. The molecular formula is C19H33N5O8S. The molecule has 0 aliphatic carbocycles. The molecule has 9 N–H and O–H groups in total. The van der Waals surface area contributed by atoms with Crippen molar-refractivity contribution < 1.29 is 39.0 Å². The quantitative estimate of drug-likeness (QED) is 0.125. The van der Waals surface area contributed by atoms with E-state index in [1.807, 2.05) is 6.26 Å². The first-order valence-corrected chi connectivity index (χ1v) is 11.6. The first-order valence-electron chi connectivity index (χ1n) is 10.2. The normalized spacial score (nSPS) is 14.5. The molecule has 0 aliphatic rings. The van der Waals surface area contributed by atoms with Gasteiger partial charge in [-0.3, -0.25) is 24.0 Å². The van der Waals surface area contributed by atoms with Crippen LogP contribution in [0.2, 0.25) is 0 Å². The van der Waals surface area contributed by atoms with Crippen molar-refractivity contribution in [2.45, 2.75) is 63.7 Å². The molecule has 0 heterocycles. The third-order valence-electron chi connectivity index (χ3n) is 4.52. The molecule has 188 valence electrons. The van der Waals surface area contributed by atoms with Crippen LogP contribution in [-0.4, -0.2) is 82.0 Å². The molecule has 4 atom stereocenters. The first kappa shape index (κ1) is 30.1. The average Bonchev–Trinajstić information content (AvgIpc) is 2.71. The van der Waals surface area contributed by atoms with Crippen LogP contribution in [0.5, 0.6) is 0 Å². The lowest BCUT2D eigenvalue weighted by Gasteiger charge is -2.26. The van der Waals surface area contributed by atoms with Crippen LogP contribution in [0.4, 0.5) is 0 Å². The second kappa shape index (κ2) is 15.1. The van der Waals surface area contributed by atoms with Crippen molar-refractivity contribution in [3.05, 3.63) is 0 Å². The molecule has 0 saturated heterocycles. The highest BCUT2D eigenvalue weighted by atomic mass is 32.2. The molecule has 0 aromatic heterocycles. The molecule has 0 bridgehead atoms. The number of amides is 4. The summed E-state index contributed by atoms with van der Waals surface area (Å²) in [6, 6.07) is -5.03. The Balaban J connectivity index is 5.45. The monoisotopic (exact) mass is 491 g/mol. The van der Waals surface area contributed by atoms with Crippen molar-refractivity contribution in [2.75, 3.05) is 12.0 Å². The zero-order chi connectivity index (χ0) is 25.7. The van der Waals surface area contributed by atoms with Crippen molar-refractivity contribution in [3.8, 4) is 0 Å². The lowest BCUT2D eigenvalue weighted by atomic mass is 10.0. The number of aliphatic carboxylic acids is 2. The molecule has 33 heavy (non-hydrogen) atoms. The number of nitrogens with two attached hydrogens (primary N) is 2. The maximum atomic E-state index is 12.8. The van der Waals surface area contributed by atoms with E-state index >= 15 is 0 Å². The molecule has 0 aromatic carbocycles. The molecule has 0 aromatic rings. The number of hydrogen-bond acceptors (Lipinski definition) is 8. The fourth-order valence-corrected chi connectivity index (χ4v) is 3.13. The second-order valence-electron chi connectivity index (χ2n) is 7.68. The molecule has 13 nitrogen and oxygen atoms in total. The Morgan fingerprint density at radius 1 is 0.879 bits per heavy atom. The van der Waals surface area contributed by atoms with Crippen LogP contribution in [0.25, 0.3) is 0 Å². The molecule has 4 unspecified atom stereocenters. The number of nitrogens with one attached hydrogen (secondary N) is 3. The summed E-state index contributed by atoms with van der Waals surface area (Å²) in [6.07, 6.45) is 0.840. The average molecular weight is 492 g/mol. The summed E-state index contributed by atoms with van der Waals surface area (Å²) in [6.45, 7) is 3.16. The number of rotatable bonds is 16. The number of carboxylic acids is 2. The summed E-state index contributed by atoms with van der Waals surface area (Å²) in [7, 11) is 0. The molecule has 0 spiro atoms. The molecule has 14 heteroatoms. The topological polar surface area (TPSA) is 231 Å². The van der Waals surface area contributed by atoms with Gasteiger partial charge in [0.05, 0.1) is 12.5 Å². The van der Waals surface area contributed by atoms with E-state index in [4.69, 9.17) is 21.7 Å². The minimum absolute atomic E-state index is 0.256. The van der Waals surface area contributed by atoms with Gasteiger partial charge in [-0.05, 0) is 30.8 Å². The minimum atomic E-state index is -1.59. The summed E-state index contributed by atoms with van der Waals surface area (Å²) in [5, 5.41) is 25.1. The van der Waals surface area contributed by atoms with Crippen molar-refractivity contribution in [1.82, 2.24) is 16.0 Å². The molecule has 0 saturated carbocycles. The van der Waals surface area contributed by atoms with E-state index in [2.05, 4.69) is 16.0 Å². The number of carbonyl (C=O) groups is 6. The van der Waals surface area contributed by atoms with Gasteiger partial charge in [0, 0.05) is 6.42 Å². The Morgan fingerprint density at radius 2 is 1.45 bits per heavy atom. The minimum Gasteiger partial charge on any atom is -0.481 e. The highest BCUT2D eigenvalue weighted by Gasteiger charge is 2.32. The van der Waals surface area contributed by atoms with E-state index in [-0.39, 0.29) is 6.42 Å². The SMILES string of the molecule is CSCCC(N)C(=O)NC(CCC(=O)O)C(=O)NC(C(=O)NC(CC(N)=O)C(=O)O)C(C)C. The zero-order valence-corrected chi connectivity index (χ0v) is 19.6. The number of carboxylic acid groups (broad SMARTS) is 2. The predicted molar refractivity (Wildman–Crippen MR) is 120 cm³/mol. The van der Waals surface area contributed by atoms with Crippen LogP contribution in [-0.2, 0) is 28.8 Å². The molecular weight excluding hydrogens is 458 g/mol. The highest BCUT2D eigenvalue weighted by Crippen LogP contribution is 2.07. The molecule has 0 rings (SSSR count). The predicted octanol–water partition coefficient (Wildman–Crippen LogP) is -2.00. The second-order valence-corrected chi connectivity index (χ2v) is 8.67. The maximum Gasteiger partial charge on any atom is 0.326 e. The number of thioether (sulfide) groups is 1. The van der Waals surface area contributed by atoms with E-state index in [1.165, 1.54) is 11.8 Å². The Labute approximate surface area is 195 Å². The third-order valence-corrected chi connectivity index (χ3v) is 5.16. The van der Waals surface area contributed by atoms with Gasteiger partial charge in [-0.1, -0.05) is 13.8 Å². The van der Waals surface area contributed by atoms with Crippen molar-refractivity contribution in [1.29, 1.82) is 0 Å². The summed E-state index contributed by atoms with van der Waals surface area (Å²) in [5.41, 5.74) is 10.8. The Morgan fingerprint density at radius 3 is 1.91 bits per heavy atom. The summed E-state index contributed by atoms with van der Waals surface area (Å²) in [4.78, 5) is 71.0. The van der Waals surface area contributed by atoms with Gasteiger partial charge in [-0.15, -0.1) is 0 Å². The number of carbonyl (C=O) groups excluding carboxylic acids is 4. The van der Waals surface area contributed by atoms with Crippen LogP contribution in [0.1, 0.15) is 39.5 Å². The van der Waals surface area contributed by atoms with Gasteiger partial charge in [-0.2, -0.15) is 11.8 Å².